The second kappa shape index (κ2) is 6.64. The first-order chi connectivity index (χ1) is 9.44. The van der Waals surface area contributed by atoms with E-state index in [1.165, 1.54) is 12.1 Å². The summed E-state index contributed by atoms with van der Waals surface area (Å²) in [6.45, 7) is 0. The number of hydrogen-bond donors (Lipinski definition) is 0. The van der Waals surface area contributed by atoms with Crippen LogP contribution >= 0.6 is 21.6 Å². The fourth-order valence-corrected chi connectivity index (χ4v) is 3.62. The predicted octanol–water partition coefficient (Wildman–Crippen LogP) is 5.90. The van der Waals surface area contributed by atoms with E-state index in [1.807, 2.05) is 0 Å². The first kappa shape index (κ1) is 18.4. The maximum atomic E-state index is 13.3. The fraction of sp³-hybridized carbons (Fsp3) is 0.455. The predicted molar refractivity (Wildman–Crippen MR) is 65.9 cm³/mol. The Morgan fingerprint density at radius 1 is 0.810 bits per heavy atom. The molecule has 0 aliphatic rings. The highest BCUT2D eigenvalue weighted by molar-refractivity contribution is 8.76. The molecule has 120 valence electrons. The maximum absolute atomic E-state index is 13.3. The van der Waals surface area contributed by atoms with Crippen LogP contribution in [-0.4, -0.2) is 17.6 Å². The molecule has 0 spiro atoms. The summed E-state index contributed by atoms with van der Waals surface area (Å²) in [6, 6.07) is 7.84. The summed E-state index contributed by atoms with van der Waals surface area (Å²) in [4.78, 5) is 0. The van der Waals surface area contributed by atoms with Crippen molar-refractivity contribution < 1.29 is 35.1 Å². The second-order valence-corrected chi connectivity index (χ2v) is 6.35. The minimum atomic E-state index is -6.07. The van der Waals surface area contributed by atoms with Crippen LogP contribution in [-0.2, 0) is 5.75 Å². The van der Waals surface area contributed by atoms with Gasteiger partial charge in [-0.2, -0.15) is 35.1 Å². The number of hydrogen-bond acceptors (Lipinski definition) is 2. The van der Waals surface area contributed by atoms with E-state index in [9.17, 15) is 35.1 Å². The van der Waals surface area contributed by atoms with Gasteiger partial charge in [0.25, 0.3) is 0 Å². The number of benzene rings is 1. The van der Waals surface area contributed by atoms with Crippen molar-refractivity contribution in [2.45, 2.75) is 23.4 Å². The molecule has 0 aromatic heterocycles. The van der Waals surface area contributed by atoms with E-state index in [1.54, 1.807) is 18.2 Å². The molecular weight excluding hydrogens is 348 g/mol. The van der Waals surface area contributed by atoms with Crippen LogP contribution in [0.5, 0.6) is 0 Å². The number of halogens is 8. The van der Waals surface area contributed by atoms with E-state index in [-0.39, 0.29) is 16.5 Å². The summed E-state index contributed by atoms with van der Waals surface area (Å²) in [5.41, 5.74) is 0.515. The summed E-state index contributed by atoms with van der Waals surface area (Å²) in [7, 11) is -0.481. The summed E-state index contributed by atoms with van der Waals surface area (Å²) in [5.74, 6) is -4.82. The van der Waals surface area contributed by atoms with Gasteiger partial charge < -0.3 is 0 Å². The summed E-state index contributed by atoms with van der Waals surface area (Å²) >= 11 is 0. The van der Waals surface area contributed by atoms with Gasteiger partial charge in [0.05, 0.1) is 0 Å². The molecule has 0 nitrogen and oxygen atoms in total. The largest absolute Gasteiger partial charge is 0.407 e. The molecule has 0 N–H and O–H groups in total. The van der Waals surface area contributed by atoms with Crippen LogP contribution in [0.2, 0.25) is 0 Å². The van der Waals surface area contributed by atoms with Crippen LogP contribution in [0, 0.1) is 5.92 Å². The van der Waals surface area contributed by atoms with Gasteiger partial charge in [0.15, 0.2) is 0 Å². The molecule has 1 aromatic rings. The highest BCUT2D eigenvalue weighted by Crippen LogP contribution is 2.55. The Bertz CT molecular complexity index is 426. The second-order valence-electron chi connectivity index (χ2n) is 3.91. The normalized spacial score (nSPS) is 13.8. The van der Waals surface area contributed by atoms with Crippen LogP contribution in [0.3, 0.4) is 0 Å². The first-order valence-electron chi connectivity index (χ1n) is 5.30. The lowest BCUT2D eigenvalue weighted by molar-refractivity contribution is -0.318. The molecule has 0 aliphatic heterocycles. The lowest BCUT2D eigenvalue weighted by Crippen LogP contribution is -2.47. The van der Waals surface area contributed by atoms with Crippen LogP contribution in [0.1, 0.15) is 5.56 Å². The van der Waals surface area contributed by atoms with E-state index in [0.717, 1.165) is 0 Å². The lowest BCUT2D eigenvalue weighted by atomic mass is 10.1. The molecule has 0 bridgehead atoms. The topological polar surface area (TPSA) is 0 Å². The molecule has 1 rings (SSSR count). The zero-order valence-electron chi connectivity index (χ0n) is 10.0. The van der Waals surface area contributed by atoms with Gasteiger partial charge in [-0.05, 0) is 16.4 Å². The van der Waals surface area contributed by atoms with E-state index < -0.39 is 34.3 Å². The third-order valence-electron chi connectivity index (χ3n) is 2.23. The zero-order valence-corrected chi connectivity index (χ0v) is 11.6. The van der Waals surface area contributed by atoms with Gasteiger partial charge in [-0.3, -0.25) is 0 Å². The minimum absolute atomic E-state index is 0.135. The van der Waals surface area contributed by atoms with Gasteiger partial charge >= 0.3 is 17.6 Å². The molecule has 0 saturated carbocycles. The molecule has 21 heavy (non-hydrogen) atoms. The van der Waals surface area contributed by atoms with Gasteiger partial charge in [-0.25, -0.2) is 0 Å². The van der Waals surface area contributed by atoms with Crippen LogP contribution < -0.4 is 0 Å². The third kappa shape index (κ3) is 5.57. The Morgan fingerprint density at radius 3 is 1.71 bits per heavy atom. The van der Waals surface area contributed by atoms with Gasteiger partial charge in [-0.1, -0.05) is 41.1 Å². The SMILES string of the molecule is FC(F)(F)C(C(F)(F)F)C(F)(F)SSCc1ccccc1. The molecule has 1 aromatic carbocycles. The number of rotatable bonds is 5. The average Bonchev–Trinajstić information content (AvgIpc) is 2.25. The average molecular weight is 356 g/mol. The maximum Gasteiger partial charge on any atom is 0.407 e. The van der Waals surface area contributed by atoms with Gasteiger partial charge in [0, 0.05) is 5.75 Å². The molecular formula is C11H8F8S2. The molecule has 0 amide bonds. The Labute approximate surface area is 122 Å². The van der Waals surface area contributed by atoms with Crippen molar-refractivity contribution in [3.8, 4) is 0 Å². The molecule has 0 heterocycles. The van der Waals surface area contributed by atoms with Crippen molar-refractivity contribution in [3.05, 3.63) is 35.9 Å². The Hall–Kier alpha value is -0.640. The Balaban J connectivity index is 2.74. The van der Waals surface area contributed by atoms with E-state index in [0.29, 0.717) is 5.56 Å². The van der Waals surface area contributed by atoms with Crippen molar-refractivity contribution in [2.75, 3.05) is 0 Å². The number of alkyl halides is 8. The quantitative estimate of drug-likeness (QED) is 0.476. The summed E-state index contributed by atoms with van der Waals surface area (Å²) < 4.78 is 100. The molecule has 10 heteroatoms. The van der Waals surface area contributed by atoms with Crippen molar-refractivity contribution in [1.82, 2.24) is 0 Å². The fourth-order valence-electron chi connectivity index (χ4n) is 1.37. The van der Waals surface area contributed by atoms with Crippen molar-refractivity contribution >= 4 is 21.6 Å². The smallest absolute Gasteiger partial charge is 0.192 e. The summed E-state index contributed by atoms with van der Waals surface area (Å²) in [6.07, 6.45) is -12.1. The summed E-state index contributed by atoms with van der Waals surface area (Å²) in [5, 5.41) is -5.00. The molecule has 0 saturated heterocycles. The lowest BCUT2D eigenvalue weighted by Gasteiger charge is -2.29. The Morgan fingerprint density at radius 2 is 1.29 bits per heavy atom. The highest BCUT2D eigenvalue weighted by Gasteiger charge is 2.69. The van der Waals surface area contributed by atoms with Gasteiger partial charge in [0.1, 0.15) is 0 Å². The third-order valence-corrected chi connectivity index (χ3v) is 4.63. The van der Waals surface area contributed by atoms with E-state index in [4.69, 9.17) is 0 Å². The zero-order chi connectivity index (χ0) is 16.3. The van der Waals surface area contributed by atoms with Crippen molar-refractivity contribution in [3.63, 3.8) is 0 Å². The van der Waals surface area contributed by atoms with Crippen molar-refractivity contribution in [2.24, 2.45) is 5.92 Å². The highest BCUT2D eigenvalue weighted by atomic mass is 33.1. The monoisotopic (exact) mass is 356 g/mol. The Kier molecular flexibility index (Phi) is 5.82. The van der Waals surface area contributed by atoms with Crippen molar-refractivity contribution in [1.29, 1.82) is 0 Å². The van der Waals surface area contributed by atoms with Crippen LogP contribution in [0.4, 0.5) is 35.1 Å². The van der Waals surface area contributed by atoms with Gasteiger partial charge in [0.2, 0.25) is 5.92 Å². The molecule has 0 aliphatic carbocycles. The van der Waals surface area contributed by atoms with Crippen LogP contribution in [0.15, 0.2) is 30.3 Å². The van der Waals surface area contributed by atoms with E-state index >= 15 is 0 Å². The minimum Gasteiger partial charge on any atom is -0.192 e. The van der Waals surface area contributed by atoms with E-state index in [2.05, 4.69) is 0 Å². The molecule has 0 radical (unpaired) electrons. The first-order valence-corrected chi connectivity index (χ1v) is 7.62. The van der Waals surface area contributed by atoms with Crippen LogP contribution in [0.25, 0.3) is 0 Å². The molecule has 0 unspecified atom stereocenters. The molecule has 0 fully saturated rings. The standard InChI is InChI=1S/C11H8F8S2/c12-9(13,14)8(10(15,16)17)11(18,19)21-20-6-7-4-2-1-3-5-7/h1-5,8H,6H2. The molecule has 0 atom stereocenters. The van der Waals surface area contributed by atoms with Gasteiger partial charge in [-0.15, -0.1) is 0 Å².